The highest BCUT2D eigenvalue weighted by atomic mass is 16.5. The highest BCUT2D eigenvalue weighted by Gasteiger charge is 2.55. The summed E-state index contributed by atoms with van der Waals surface area (Å²) in [5.74, 6) is 5.38. The minimum absolute atomic E-state index is 0.276. The van der Waals surface area contributed by atoms with Gasteiger partial charge in [-0.15, -0.1) is 0 Å². The molecule has 5 saturated heterocycles. The molecule has 9 aliphatic rings. The van der Waals surface area contributed by atoms with Crippen LogP contribution in [-0.4, -0.2) is 62.0 Å². The van der Waals surface area contributed by atoms with Crippen LogP contribution in [0.1, 0.15) is 142 Å². The Balaban J connectivity index is 0.985. The van der Waals surface area contributed by atoms with E-state index in [1.807, 2.05) is 0 Å². The lowest BCUT2D eigenvalue weighted by molar-refractivity contribution is -0.0385. The third kappa shape index (κ3) is 6.93. The maximum absolute atomic E-state index is 6.92. The van der Waals surface area contributed by atoms with Gasteiger partial charge in [0.15, 0.2) is 0 Å². The SMILES string of the molecule is CCCCCCCCOC1CCCC2C3NC4NC(NC5NC(NC6NC(NC(N3)C12)C1CCCCC61)C1CCCCC51)C1CCCCC41. The Hall–Kier alpha value is -0.360. The summed E-state index contributed by atoms with van der Waals surface area (Å²) in [6.07, 6.45) is 31.4. The molecule has 8 N–H and O–H groups in total. The van der Waals surface area contributed by atoms with E-state index in [1.165, 1.54) is 135 Å². The number of hydrogen-bond donors (Lipinski definition) is 8. The lowest BCUT2D eigenvalue weighted by Gasteiger charge is -2.39. The molecule has 49 heavy (non-hydrogen) atoms. The van der Waals surface area contributed by atoms with Crippen LogP contribution in [0.25, 0.3) is 0 Å². The van der Waals surface area contributed by atoms with Gasteiger partial charge in [0.2, 0.25) is 0 Å². The molecule has 0 aromatic carbocycles. The quantitative estimate of drug-likeness (QED) is 0.169. The molecule has 0 radical (unpaired) electrons. The lowest BCUT2D eigenvalue weighted by Crippen LogP contribution is -2.62. The van der Waals surface area contributed by atoms with Crippen LogP contribution < -0.4 is 42.5 Å². The van der Waals surface area contributed by atoms with E-state index >= 15 is 0 Å². The first kappa shape index (κ1) is 34.4. The summed E-state index contributed by atoms with van der Waals surface area (Å²) in [6, 6.07) is 0. The normalized spacial score (nSPS) is 50.8. The van der Waals surface area contributed by atoms with Crippen molar-refractivity contribution in [1.29, 1.82) is 0 Å². The zero-order chi connectivity index (χ0) is 32.7. The Kier molecular flexibility index (Phi) is 10.9. The second-order valence-electron chi connectivity index (χ2n) is 18.3. The third-order valence-corrected chi connectivity index (χ3v) is 15.7. The topological polar surface area (TPSA) is 105 Å². The van der Waals surface area contributed by atoms with Gasteiger partial charge >= 0.3 is 0 Å². The van der Waals surface area contributed by atoms with Gasteiger partial charge in [-0.05, 0) is 99.2 Å². The maximum Gasteiger partial charge on any atom is 0.0653 e. The summed E-state index contributed by atoms with van der Waals surface area (Å²) in [4.78, 5) is 0. The molecule has 9 heteroatoms. The molecule has 5 aliphatic heterocycles. The van der Waals surface area contributed by atoms with Crippen molar-refractivity contribution in [3.8, 4) is 0 Å². The first-order valence-corrected chi connectivity index (χ1v) is 21.9. The zero-order valence-corrected chi connectivity index (χ0v) is 30.8. The van der Waals surface area contributed by atoms with E-state index in [-0.39, 0.29) is 6.17 Å². The molecule has 0 amide bonds. The average molecular weight is 681 g/mol. The molecule has 17 atom stereocenters. The van der Waals surface area contributed by atoms with E-state index in [9.17, 15) is 0 Å². The first-order chi connectivity index (χ1) is 24.2. The van der Waals surface area contributed by atoms with E-state index in [4.69, 9.17) is 4.74 Å². The lowest BCUT2D eigenvalue weighted by atomic mass is 9.75. The Morgan fingerprint density at radius 3 is 1.14 bits per heavy atom. The molecule has 9 rings (SSSR count). The fraction of sp³-hybridized carbons (Fsp3) is 1.00. The largest absolute Gasteiger partial charge is 0.378 e. The molecule has 0 spiro atoms. The van der Waals surface area contributed by atoms with Crippen molar-refractivity contribution in [2.24, 2.45) is 47.3 Å². The molecular formula is C40H72N8O. The van der Waals surface area contributed by atoms with Crippen LogP contribution in [0.4, 0.5) is 0 Å². The molecule has 9 fully saturated rings. The van der Waals surface area contributed by atoms with E-state index in [2.05, 4.69) is 49.5 Å². The van der Waals surface area contributed by atoms with Gasteiger partial charge in [0.05, 0.1) is 55.4 Å². The minimum Gasteiger partial charge on any atom is -0.378 e. The van der Waals surface area contributed by atoms with Crippen LogP contribution >= 0.6 is 0 Å². The van der Waals surface area contributed by atoms with Crippen molar-refractivity contribution >= 4 is 0 Å². The molecule has 9 nitrogen and oxygen atoms in total. The molecule has 8 bridgehead atoms. The van der Waals surface area contributed by atoms with Crippen molar-refractivity contribution in [3.05, 3.63) is 0 Å². The van der Waals surface area contributed by atoms with Crippen molar-refractivity contribution < 1.29 is 4.74 Å². The van der Waals surface area contributed by atoms with Crippen LogP contribution in [0.3, 0.4) is 0 Å². The number of fused-ring (bicyclic) bond motifs is 20. The highest BCUT2D eigenvalue weighted by Crippen LogP contribution is 2.46. The summed E-state index contributed by atoms with van der Waals surface area (Å²) in [6.45, 7) is 3.24. The average Bonchev–Trinajstić information content (AvgIpc) is 3.87. The molecule has 4 aliphatic carbocycles. The number of nitrogens with one attached hydrogen (secondary N) is 8. The van der Waals surface area contributed by atoms with Crippen LogP contribution in [0, 0.1) is 47.3 Å². The van der Waals surface area contributed by atoms with Crippen molar-refractivity contribution in [1.82, 2.24) is 42.5 Å². The second kappa shape index (κ2) is 15.5. The summed E-state index contributed by atoms with van der Waals surface area (Å²) in [5, 5.41) is 34.2. The van der Waals surface area contributed by atoms with E-state index < -0.39 is 0 Å². The Labute approximate surface area is 297 Å². The zero-order valence-electron chi connectivity index (χ0n) is 30.8. The second-order valence-corrected chi connectivity index (χ2v) is 18.3. The van der Waals surface area contributed by atoms with Crippen LogP contribution in [0.15, 0.2) is 0 Å². The predicted octanol–water partition coefficient (Wildman–Crippen LogP) is 4.96. The third-order valence-electron chi connectivity index (χ3n) is 15.7. The molecule has 278 valence electrons. The molecule has 4 saturated carbocycles. The molecule has 0 aromatic heterocycles. The smallest absolute Gasteiger partial charge is 0.0653 e. The van der Waals surface area contributed by atoms with E-state index in [0.29, 0.717) is 84.8 Å². The fourth-order valence-corrected chi connectivity index (χ4v) is 13.3. The van der Waals surface area contributed by atoms with Crippen LogP contribution in [-0.2, 0) is 4.74 Å². The summed E-state index contributed by atoms with van der Waals surface area (Å²) in [7, 11) is 0. The molecular weight excluding hydrogens is 608 g/mol. The minimum atomic E-state index is 0.276. The predicted molar refractivity (Wildman–Crippen MR) is 196 cm³/mol. The number of rotatable bonds is 8. The maximum atomic E-state index is 6.92. The molecule has 5 heterocycles. The van der Waals surface area contributed by atoms with Gasteiger partial charge in [-0.1, -0.05) is 84.0 Å². The van der Waals surface area contributed by atoms with Crippen molar-refractivity contribution in [3.63, 3.8) is 0 Å². The Morgan fingerprint density at radius 1 is 0.367 bits per heavy atom. The summed E-state index contributed by atoms with van der Waals surface area (Å²) < 4.78 is 6.92. The Morgan fingerprint density at radius 2 is 0.714 bits per heavy atom. The summed E-state index contributed by atoms with van der Waals surface area (Å²) >= 11 is 0. The monoisotopic (exact) mass is 681 g/mol. The van der Waals surface area contributed by atoms with Gasteiger partial charge in [-0.3, -0.25) is 42.5 Å². The number of unbranched alkanes of at least 4 members (excludes halogenated alkanes) is 5. The molecule has 17 unspecified atom stereocenters. The van der Waals surface area contributed by atoms with Crippen molar-refractivity contribution in [2.45, 2.75) is 197 Å². The summed E-state index contributed by atoms with van der Waals surface area (Å²) in [5.41, 5.74) is 0. The fourth-order valence-electron chi connectivity index (χ4n) is 13.3. The van der Waals surface area contributed by atoms with Gasteiger partial charge < -0.3 is 4.74 Å². The Bertz CT molecular complexity index is 1080. The van der Waals surface area contributed by atoms with Crippen LogP contribution in [0.2, 0.25) is 0 Å². The van der Waals surface area contributed by atoms with E-state index in [1.54, 1.807) is 0 Å². The van der Waals surface area contributed by atoms with Gasteiger partial charge in [0, 0.05) is 12.5 Å². The van der Waals surface area contributed by atoms with Gasteiger partial charge in [0.25, 0.3) is 0 Å². The van der Waals surface area contributed by atoms with Gasteiger partial charge in [0.1, 0.15) is 0 Å². The molecule has 0 aromatic rings. The van der Waals surface area contributed by atoms with Gasteiger partial charge in [-0.25, -0.2) is 0 Å². The first-order valence-electron chi connectivity index (χ1n) is 21.9. The standard InChI is InChI=1S/C40H72N8O/c1-2-3-4-5-6-13-23-49-31-22-14-21-30-32(31)40-47-38-29-20-12-11-19-28(29)36(45-38)43-34-25-16-8-7-15-24(25)33(41-34)42-35-26-17-9-10-18-27(26)37(44-35)46-39(30)48-40/h24-48H,2-23H2,1H3. The highest BCUT2D eigenvalue weighted by molar-refractivity contribution is 5.09. The van der Waals surface area contributed by atoms with E-state index in [0.717, 1.165) is 18.4 Å². The number of hydrogen-bond acceptors (Lipinski definition) is 9. The van der Waals surface area contributed by atoms with Crippen LogP contribution in [0.5, 0.6) is 0 Å². The number of ether oxygens (including phenoxy) is 1. The van der Waals surface area contributed by atoms with Crippen molar-refractivity contribution in [2.75, 3.05) is 6.61 Å². The van der Waals surface area contributed by atoms with Gasteiger partial charge in [-0.2, -0.15) is 0 Å².